The highest BCUT2D eigenvalue weighted by molar-refractivity contribution is 5.73. The van der Waals surface area contributed by atoms with Crippen molar-refractivity contribution in [2.75, 3.05) is 13.1 Å². The van der Waals surface area contributed by atoms with Crippen LogP contribution in [0.25, 0.3) is 0 Å². The van der Waals surface area contributed by atoms with Crippen LogP contribution in [0.5, 0.6) is 0 Å². The predicted octanol–water partition coefficient (Wildman–Crippen LogP) is 1.81. The zero-order valence-electron chi connectivity index (χ0n) is 9.35. The number of primary amides is 1. The standard InChI is InChI=1S/C11H24N2O/c1-2-3-4-5-6-7-9-13-10-8-11(12)14/h13H,2-10H2,1H3,(H2,12,14). The predicted molar refractivity (Wildman–Crippen MR) is 60.1 cm³/mol. The van der Waals surface area contributed by atoms with Crippen LogP contribution in [-0.4, -0.2) is 19.0 Å². The van der Waals surface area contributed by atoms with Gasteiger partial charge in [-0.15, -0.1) is 0 Å². The maximum atomic E-state index is 10.4. The van der Waals surface area contributed by atoms with Crippen molar-refractivity contribution in [2.24, 2.45) is 5.73 Å². The zero-order chi connectivity index (χ0) is 10.6. The monoisotopic (exact) mass is 200 g/mol. The number of nitrogens with one attached hydrogen (secondary N) is 1. The molecule has 0 radical (unpaired) electrons. The molecule has 0 rings (SSSR count). The maximum absolute atomic E-state index is 10.4. The van der Waals surface area contributed by atoms with E-state index >= 15 is 0 Å². The number of hydrogen-bond donors (Lipinski definition) is 2. The summed E-state index contributed by atoms with van der Waals surface area (Å²) in [6, 6.07) is 0. The largest absolute Gasteiger partial charge is 0.370 e. The summed E-state index contributed by atoms with van der Waals surface area (Å²) in [6.45, 7) is 3.97. The molecule has 0 aliphatic carbocycles. The Morgan fingerprint density at radius 2 is 1.71 bits per heavy atom. The molecule has 0 unspecified atom stereocenters. The molecule has 0 bridgehead atoms. The Bertz CT molecular complexity index is 137. The van der Waals surface area contributed by atoms with E-state index in [9.17, 15) is 4.79 Å². The highest BCUT2D eigenvalue weighted by Gasteiger charge is 1.93. The Kier molecular flexibility index (Phi) is 10.1. The number of nitrogens with two attached hydrogens (primary N) is 1. The molecule has 0 saturated carbocycles. The summed E-state index contributed by atoms with van der Waals surface area (Å²) in [5, 5.41) is 3.21. The number of carbonyl (C=O) groups excluding carboxylic acids is 1. The number of rotatable bonds is 10. The first-order chi connectivity index (χ1) is 6.77. The quantitative estimate of drug-likeness (QED) is 0.528. The molecule has 84 valence electrons. The Morgan fingerprint density at radius 1 is 1.07 bits per heavy atom. The Hall–Kier alpha value is -0.570. The van der Waals surface area contributed by atoms with Crippen molar-refractivity contribution in [1.82, 2.24) is 5.32 Å². The molecule has 0 atom stereocenters. The number of amides is 1. The molecule has 0 aromatic rings. The van der Waals surface area contributed by atoms with Gasteiger partial charge in [-0.1, -0.05) is 39.0 Å². The molecule has 3 N–H and O–H groups in total. The molecular weight excluding hydrogens is 176 g/mol. The van der Waals surface area contributed by atoms with E-state index in [0.29, 0.717) is 6.42 Å². The van der Waals surface area contributed by atoms with Crippen LogP contribution in [-0.2, 0) is 4.79 Å². The summed E-state index contributed by atoms with van der Waals surface area (Å²) in [4.78, 5) is 10.4. The Labute approximate surface area is 87.4 Å². The Morgan fingerprint density at radius 3 is 2.36 bits per heavy atom. The SMILES string of the molecule is CCCCCCCCNCCC(N)=O. The smallest absolute Gasteiger partial charge is 0.218 e. The topological polar surface area (TPSA) is 55.1 Å². The first-order valence-corrected chi connectivity index (χ1v) is 5.76. The van der Waals surface area contributed by atoms with Crippen molar-refractivity contribution in [3.63, 3.8) is 0 Å². The molecule has 0 aliphatic heterocycles. The fraction of sp³-hybridized carbons (Fsp3) is 0.909. The fourth-order valence-corrected chi connectivity index (χ4v) is 1.37. The number of unbranched alkanes of at least 4 members (excludes halogenated alkanes) is 5. The van der Waals surface area contributed by atoms with E-state index in [1.165, 1.54) is 38.5 Å². The summed E-state index contributed by atoms with van der Waals surface area (Å²) < 4.78 is 0. The Balaban J connectivity index is 2.88. The molecule has 0 aromatic carbocycles. The third kappa shape index (κ3) is 11.4. The number of hydrogen-bond acceptors (Lipinski definition) is 2. The van der Waals surface area contributed by atoms with E-state index in [4.69, 9.17) is 5.73 Å². The van der Waals surface area contributed by atoms with Gasteiger partial charge in [0.25, 0.3) is 0 Å². The molecule has 0 aliphatic rings. The lowest BCUT2D eigenvalue weighted by molar-refractivity contribution is -0.117. The van der Waals surface area contributed by atoms with E-state index in [0.717, 1.165) is 13.1 Å². The average molecular weight is 200 g/mol. The third-order valence-corrected chi connectivity index (χ3v) is 2.26. The lowest BCUT2D eigenvalue weighted by Gasteiger charge is -2.02. The van der Waals surface area contributed by atoms with Crippen molar-refractivity contribution in [2.45, 2.75) is 51.9 Å². The summed E-state index contributed by atoms with van der Waals surface area (Å²) >= 11 is 0. The zero-order valence-corrected chi connectivity index (χ0v) is 9.35. The molecule has 0 heterocycles. The van der Waals surface area contributed by atoms with E-state index in [1.54, 1.807) is 0 Å². The fourth-order valence-electron chi connectivity index (χ4n) is 1.37. The van der Waals surface area contributed by atoms with Gasteiger partial charge in [0.2, 0.25) is 5.91 Å². The van der Waals surface area contributed by atoms with Gasteiger partial charge >= 0.3 is 0 Å². The maximum Gasteiger partial charge on any atom is 0.218 e. The van der Waals surface area contributed by atoms with Gasteiger partial charge in [0.05, 0.1) is 0 Å². The lowest BCUT2D eigenvalue weighted by Crippen LogP contribution is -2.22. The molecule has 0 fully saturated rings. The normalized spacial score (nSPS) is 10.4. The minimum atomic E-state index is -0.222. The van der Waals surface area contributed by atoms with E-state index in [-0.39, 0.29) is 5.91 Å². The van der Waals surface area contributed by atoms with Crippen LogP contribution in [0.2, 0.25) is 0 Å². The van der Waals surface area contributed by atoms with Gasteiger partial charge in [-0.25, -0.2) is 0 Å². The summed E-state index contributed by atoms with van der Waals surface area (Å²) in [5.74, 6) is -0.222. The summed E-state index contributed by atoms with van der Waals surface area (Å²) in [5.41, 5.74) is 5.01. The van der Waals surface area contributed by atoms with Crippen LogP contribution in [0.15, 0.2) is 0 Å². The first-order valence-electron chi connectivity index (χ1n) is 5.76. The van der Waals surface area contributed by atoms with Crippen molar-refractivity contribution in [3.8, 4) is 0 Å². The molecule has 3 nitrogen and oxygen atoms in total. The van der Waals surface area contributed by atoms with Gasteiger partial charge < -0.3 is 11.1 Å². The van der Waals surface area contributed by atoms with Gasteiger partial charge in [0.15, 0.2) is 0 Å². The van der Waals surface area contributed by atoms with Gasteiger partial charge in [-0.2, -0.15) is 0 Å². The van der Waals surface area contributed by atoms with E-state index < -0.39 is 0 Å². The van der Waals surface area contributed by atoms with Gasteiger partial charge in [-0.05, 0) is 13.0 Å². The average Bonchev–Trinajstić information content (AvgIpc) is 2.15. The summed E-state index contributed by atoms with van der Waals surface area (Å²) in [7, 11) is 0. The van der Waals surface area contributed by atoms with Crippen molar-refractivity contribution >= 4 is 5.91 Å². The van der Waals surface area contributed by atoms with Crippen molar-refractivity contribution in [3.05, 3.63) is 0 Å². The second kappa shape index (κ2) is 10.5. The number of carbonyl (C=O) groups is 1. The second-order valence-corrected chi connectivity index (χ2v) is 3.73. The molecule has 0 spiro atoms. The van der Waals surface area contributed by atoms with Crippen LogP contribution >= 0.6 is 0 Å². The summed E-state index contributed by atoms with van der Waals surface area (Å²) in [6.07, 6.45) is 8.32. The molecule has 14 heavy (non-hydrogen) atoms. The molecule has 0 saturated heterocycles. The minimum Gasteiger partial charge on any atom is -0.370 e. The second-order valence-electron chi connectivity index (χ2n) is 3.73. The van der Waals surface area contributed by atoms with Crippen molar-refractivity contribution in [1.29, 1.82) is 0 Å². The van der Waals surface area contributed by atoms with Gasteiger partial charge in [-0.3, -0.25) is 4.79 Å². The van der Waals surface area contributed by atoms with Crippen LogP contribution in [0.1, 0.15) is 51.9 Å². The van der Waals surface area contributed by atoms with Gasteiger partial charge in [0, 0.05) is 13.0 Å². The first kappa shape index (κ1) is 13.4. The molecule has 3 heteroatoms. The van der Waals surface area contributed by atoms with E-state index in [1.807, 2.05) is 0 Å². The minimum absolute atomic E-state index is 0.222. The van der Waals surface area contributed by atoms with Gasteiger partial charge in [0.1, 0.15) is 0 Å². The third-order valence-electron chi connectivity index (χ3n) is 2.26. The van der Waals surface area contributed by atoms with Crippen molar-refractivity contribution < 1.29 is 4.79 Å². The molecule has 1 amide bonds. The van der Waals surface area contributed by atoms with Crippen LogP contribution in [0.3, 0.4) is 0 Å². The van der Waals surface area contributed by atoms with Crippen LogP contribution in [0, 0.1) is 0 Å². The van der Waals surface area contributed by atoms with Crippen LogP contribution < -0.4 is 11.1 Å². The van der Waals surface area contributed by atoms with E-state index in [2.05, 4.69) is 12.2 Å². The van der Waals surface area contributed by atoms with Crippen LogP contribution in [0.4, 0.5) is 0 Å². The highest BCUT2D eigenvalue weighted by Crippen LogP contribution is 2.03. The molecular formula is C11H24N2O. The highest BCUT2D eigenvalue weighted by atomic mass is 16.1. The lowest BCUT2D eigenvalue weighted by atomic mass is 10.1. The molecule has 0 aromatic heterocycles.